The Hall–Kier alpha value is -2.53. The van der Waals surface area contributed by atoms with Crippen molar-refractivity contribution < 1.29 is 27.1 Å². The van der Waals surface area contributed by atoms with Gasteiger partial charge in [-0.15, -0.1) is 0 Å². The Kier molecular flexibility index (Phi) is 7.08. The Labute approximate surface area is 166 Å². The second-order valence-corrected chi connectivity index (χ2v) is 8.77. The number of esters is 1. The van der Waals surface area contributed by atoms with Gasteiger partial charge in [0.15, 0.2) is 15.0 Å². The van der Waals surface area contributed by atoms with Crippen LogP contribution in [0.4, 0.5) is 14.3 Å². The van der Waals surface area contributed by atoms with E-state index in [1.807, 2.05) is 0 Å². The molecular formula is C17H20FN3O5S2. The zero-order chi connectivity index (χ0) is 20.9. The minimum absolute atomic E-state index is 0.0510. The summed E-state index contributed by atoms with van der Waals surface area (Å²) >= 11 is 1.12. The number of carbonyl (C=O) groups excluding carboxylic acids is 2. The average Bonchev–Trinajstić information content (AvgIpc) is 2.94. The number of carbonyl (C=O) groups is 2. The van der Waals surface area contributed by atoms with Gasteiger partial charge in [-0.25, -0.2) is 22.6 Å². The summed E-state index contributed by atoms with van der Waals surface area (Å²) in [6, 6.07) is 3.28. The molecule has 0 aliphatic carbocycles. The first-order valence-electron chi connectivity index (χ1n) is 8.29. The van der Waals surface area contributed by atoms with Crippen molar-refractivity contribution in [3.63, 3.8) is 0 Å². The summed E-state index contributed by atoms with van der Waals surface area (Å²) < 4.78 is 41.9. The van der Waals surface area contributed by atoms with Crippen LogP contribution in [-0.2, 0) is 19.4 Å². The van der Waals surface area contributed by atoms with E-state index in [-0.39, 0.29) is 29.6 Å². The van der Waals surface area contributed by atoms with Gasteiger partial charge in [0.1, 0.15) is 10.7 Å². The lowest BCUT2D eigenvalue weighted by Crippen LogP contribution is -2.30. The summed E-state index contributed by atoms with van der Waals surface area (Å²) in [5.41, 5.74) is 1.01. The van der Waals surface area contributed by atoms with E-state index in [1.54, 1.807) is 13.8 Å². The van der Waals surface area contributed by atoms with Crippen LogP contribution in [0, 0.1) is 12.7 Å². The molecule has 0 saturated heterocycles. The maximum Gasteiger partial charge on any atom is 0.321 e. The second kappa shape index (κ2) is 9.11. The number of nitrogens with zero attached hydrogens (tertiary/aromatic N) is 1. The Balaban J connectivity index is 2.06. The number of thiazole rings is 1. The lowest BCUT2D eigenvalue weighted by molar-refractivity contribution is -0.142. The summed E-state index contributed by atoms with van der Waals surface area (Å²) in [5.74, 6) is -1.26. The molecule has 2 N–H and O–H groups in total. The number of ether oxygens (including phenoxy) is 1. The summed E-state index contributed by atoms with van der Waals surface area (Å²) in [5, 5.41) is 5.34. The van der Waals surface area contributed by atoms with Crippen LogP contribution in [0.5, 0.6) is 0 Å². The molecule has 0 spiro atoms. The van der Waals surface area contributed by atoms with Crippen molar-refractivity contribution in [1.82, 2.24) is 10.3 Å². The highest BCUT2D eigenvalue weighted by Gasteiger charge is 2.17. The van der Waals surface area contributed by atoms with Gasteiger partial charge in [0.05, 0.1) is 23.6 Å². The first-order chi connectivity index (χ1) is 13.1. The Morgan fingerprint density at radius 3 is 2.64 bits per heavy atom. The van der Waals surface area contributed by atoms with E-state index in [4.69, 9.17) is 4.74 Å². The van der Waals surface area contributed by atoms with Crippen molar-refractivity contribution in [1.29, 1.82) is 0 Å². The fraction of sp³-hybridized carbons (Fsp3) is 0.353. The molecular weight excluding hydrogens is 409 g/mol. The number of rotatable bonds is 7. The minimum Gasteiger partial charge on any atom is -0.466 e. The van der Waals surface area contributed by atoms with Crippen LogP contribution in [0.2, 0.25) is 0 Å². The van der Waals surface area contributed by atoms with Crippen molar-refractivity contribution >= 4 is 38.3 Å². The van der Waals surface area contributed by atoms with E-state index in [2.05, 4.69) is 15.6 Å². The molecule has 0 aliphatic rings. The van der Waals surface area contributed by atoms with Crippen LogP contribution < -0.4 is 10.6 Å². The number of amides is 2. The smallest absolute Gasteiger partial charge is 0.321 e. The summed E-state index contributed by atoms with van der Waals surface area (Å²) in [4.78, 5) is 27.5. The van der Waals surface area contributed by atoms with Gasteiger partial charge in [0.25, 0.3) is 0 Å². The first kappa shape index (κ1) is 21.8. The number of hydrogen-bond donors (Lipinski definition) is 2. The predicted molar refractivity (Wildman–Crippen MR) is 104 cm³/mol. The predicted octanol–water partition coefficient (Wildman–Crippen LogP) is 2.74. The van der Waals surface area contributed by atoms with Gasteiger partial charge in [0, 0.05) is 12.8 Å². The number of anilines is 1. The SMILES string of the molecule is CCOC(=O)CCNC(=O)Nc1nc(C)c(-c2ccc(S(C)(=O)=O)c(F)c2)s1. The minimum atomic E-state index is -3.66. The number of hydrogen-bond acceptors (Lipinski definition) is 7. The van der Waals surface area contributed by atoms with Gasteiger partial charge < -0.3 is 10.1 Å². The molecule has 2 rings (SSSR count). The maximum atomic E-state index is 14.1. The molecule has 0 radical (unpaired) electrons. The van der Waals surface area contributed by atoms with Crippen molar-refractivity contribution in [3.05, 3.63) is 29.7 Å². The van der Waals surface area contributed by atoms with Gasteiger partial charge in [-0.2, -0.15) is 0 Å². The van der Waals surface area contributed by atoms with Crippen LogP contribution in [0.25, 0.3) is 10.4 Å². The normalized spacial score (nSPS) is 11.1. The molecule has 0 saturated carbocycles. The third-order valence-electron chi connectivity index (χ3n) is 3.53. The van der Waals surface area contributed by atoms with Crippen molar-refractivity contribution in [2.75, 3.05) is 24.7 Å². The number of benzene rings is 1. The molecule has 152 valence electrons. The molecule has 8 nitrogen and oxygen atoms in total. The number of urea groups is 1. The molecule has 2 amide bonds. The number of aryl methyl sites for hydroxylation is 1. The maximum absolute atomic E-state index is 14.1. The van der Waals surface area contributed by atoms with E-state index in [0.717, 1.165) is 23.7 Å². The Bertz CT molecular complexity index is 989. The molecule has 0 aliphatic heterocycles. The lowest BCUT2D eigenvalue weighted by Gasteiger charge is -2.05. The van der Waals surface area contributed by atoms with Crippen molar-refractivity contribution in [2.45, 2.75) is 25.2 Å². The van der Waals surface area contributed by atoms with Gasteiger partial charge in [-0.1, -0.05) is 17.4 Å². The molecule has 2 aromatic rings. The third kappa shape index (κ3) is 5.73. The standard InChI is InChI=1S/C17H20FN3O5S2/c1-4-26-14(22)7-8-19-16(23)21-17-20-10(2)15(27-17)11-5-6-13(12(18)9-11)28(3,24)25/h5-6,9H,4,7-8H2,1-3H3,(H2,19,20,21,23). The molecule has 28 heavy (non-hydrogen) atoms. The van der Waals surface area contributed by atoms with Crippen LogP contribution in [-0.4, -0.2) is 44.8 Å². The molecule has 11 heteroatoms. The number of nitrogens with one attached hydrogen (secondary N) is 2. The third-order valence-corrected chi connectivity index (χ3v) is 5.78. The zero-order valence-electron chi connectivity index (χ0n) is 15.5. The van der Waals surface area contributed by atoms with Gasteiger partial charge in [0.2, 0.25) is 0 Å². The molecule has 1 aromatic heterocycles. The molecule has 0 atom stereocenters. The van der Waals surface area contributed by atoms with Crippen molar-refractivity contribution in [2.24, 2.45) is 0 Å². The molecule has 0 bridgehead atoms. The Morgan fingerprint density at radius 1 is 1.32 bits per heavy atom. The van der Waals surface area contributed by atoms with Gasteiger partial charge in [-0.05, 0) is 31.5 Å². The summed E-state index contributed by atoms with van der Waals surface area (Å²) in [6.07, 6.45) is 0.987. The molecule has 1 aromatic carbocycles. The highest BCUT2D eigenvalue weighted by molar-refractivity contribution is 7.90. The van der Waals surface area contributed by atoms with Crippen LogP contribution in [0.1, 0.15) is 19.0 Å². The average molecular weight is 429 g/mol. The Morgan fingerprint density at radius 2 is 2.04 bits per heavy atom. The van der Waals surface area contributed by atoms with Crippen LogP contribution in [0.3, 0.4) is 0 Å². The number of aromatic nitrogens is 1. The van der Waals surface area contributed by atoms with E-state index in [9.17, 15) is 22.4 Å². The zero-order valence-corrected chi connectivity index (χ0v) is 17.2. The van der Waals surface area contributed by atoms with Crippen molar-refractivity contribution in [3.8, 4) is 10.4 Å². The second-order valence-electron chi connectivity index (χ2n) is 5.79. The van der Waals surface area contributed by atoms with Crippen LogP contribution in [0.15, 0.2) is 23.1 Å². The topological polar surface area (TPSA) is 114 Å². The van der Waals surface area contributed by atoms with E-state index in [1.165, 1.54) is 12.1 Å². The van der Waals surface area contributed by atoms with E-state index >= 15 is 0 Å². The lowest BCUT2D eigenvalue weighted by atomic mass is 10.1. The van der Waals surface area contributed by atoms with E-state index < -0.39 is 27.7 Å². The summed E-state index contributed by atoms with van der Waals surface area (Å²) in [6.45, 7) is 3.77. The van der Waals surface area contributed by atoms with Gasteiger partial charge >= 0.3 is 12.0 Å². The summed E-state index contributed by atoms with van der Waals surface area (Å²) in [7, 11) is -3.66. The highest BCUT2D eigenvalue weighted by Crippen LogP contribution is 2.34. The fourth-order valence-electron chi connectivity index (χ4n) is 2.31. The fourth-order valence-corrected chi connectivity index (χ4v) is 4.00. The quantitative estimate of drug-likeness (QED) is 0.654. The number of halogens is 1. The highest BCUT2D eigenvalue weighted by atomic mass is 32.2. The monoisotopic (exact) mass is 429 g/mol. The van der Waals surface area contributed by atoms with Crippen LogP contribution >= 0.6 is 11.3 Å². The first-order valence-corrected chi connectivity index (χ1v) is 11.0. The molecule has 0 fully saturated rings. The molecule has 1 heterocycles. The largest absolute Gasteiger partial charge is 0.466 e. The van der Waals surface area contributed by atoms with E-state index in [0.29, 0.717) is 16.1 Å². The molecule has 0 unspecified atom stereocenters. The van der Waals surface area contributed by atoms with Gasteiger partial charge in [-0.3, -0.25) is 10.1 Å². The number of sulfone groups is 1.